The first kappa shape index (κ1) is 14.6. The van der Waals surface area contributed by atoms with Gasteiger partial charge in [0.05, 0.1) is 13.2 Å². The molecule has 3 rings (SSSR count). The lowest BCUT2D eigenvalue weighted by Crippen LogP contribution is -2.30. The van der Waals surface area contributed by atoms with E-state index < -0.39 is 0 Å². The molecule has 0 radical (unpaired) electrons. The molecule has 0 N–H and O–H groups in total. The molecule has 1 saturated heterocycles. The predicted octanol–water partition coefficient (Wildman–Crippen LogP) is 4.56. The van der Waals surface area contributed by atoms with Crippen LogP contribution in [0.15, 0.2) is 54.6 Å². The highest BCUT2D eigenvalue weighted by Crippen LogP contribution is 2.36. The normalized spacial score (nSPS) is 21.6. The van der Waals surface area contributed by atoms with Crippen molar-refractivity contribution in [2.75, 3.05) is 13.2 Å². The van der Waals surface area contributed by atoms with Gasteiger partial charge in [-0.25, -0.2) is 0 Å². The monoisotopic (exact) mass is 302 g/mol. The summed E-state index contributed by atoms with van der Waals surface area (Å²) in [7, 11) is 0. The Morgan fingerprint density at radius 1 is 1.05 bits per heavy atom. The van der Waals surface area contributed by atoms with Crippen LogP contribution in [0.1, 0.15) is 24.0 Å². The second-order valence-electron chi connectivity index (χ2n) is 5.40. The fraction of sp³-hybridized carbons (Fsp3) is 0.333. The summed E-state index contributed by atoms with van der Waals surface area (Å²) in [5, 5.41) is 0.749. The zero-order valence-corrected chi connectivity index (χ0v) is 12.7. The van der Waals surface area contributed by atoms with Crippen LogP contribution in [0.25, 0.3) is 0 Å². The lowest BCUT2D eigenvalue weighted by Gasteiger charge is -2.28. The molecular weight excluding hydrogens is 284 g/mol. The van der Waals surface area contributed by atoms with Crippen molar-refractivity contribution in [2.24, 2.45) is 0 Å². The minimum absolute atomic E-state index is 0.303. The summed E-state index contributed by atoms with van der Waals surface area (Å²) in [6.07, 6.45) is 2.07. The van der Waals surface area contributed by atoms with Crippen molar-refractivity contribution in [3.8, 4) is 0 Å². The third kappa shape index (κ3) is 3.29. The van der Waals surface area contributed by atoms with E-state index in [0.29, 0.717) is 13.2 Å². The van der Waals surface area contributed by atoms with E-state index in [0.717, 1.165) is 30.0 Å². The lowest BCUT2D eigenvalue weighted by molar-refractivity contribution is -0.0727. The molecule has 2 aromatic rings. The SMILES string of the molecule is Clc1ccccc1COCC1(c2ccccc2)CCCO1. The number of hydrogen-bond donors (Lipinski definition) is 0. The molecule has 2 nitrogen and oxygen atoms in total. The largest absolute Gasteiger partial charge is 0.373 e. The topological polar surface area (TPSA) is 18.5 Å². The van der Waals surface area contributed by atoms with E-state index in [9.17, 15) is 0 Å². The van der Waals surface area contributed by atoms with Crippen molar-refractivity contribution < 1.29 is 9.47 Å². The summed E-state index contributed by atoms with van der Waals surface area (Å²) >= 11 is 6.16. The maximum absolute atomic E-state index is 6.16. The van der Waals surface area contributed by atoms with Crippen LogP contribution in [0.3, 0.4) is 0 Å². The summed E-state index contributed by atoms with van der Waals surface area (Å²) in [6, 6.07) is 18.1. The zero-order chi connectivity index (χ0) is 14.5. The third-order valence-corrected chi connectivity index (χ3v) is 4.32. The summed E-state index contributed by atoms with van der Waals surface area (Å²) < 4.78 is 12.0. The van der Waals surface area contributed by atoms with Crippen LogP contribution >= 0.6 is 11.6 Å². The Morgan fingerprint density at radius 3 is 2.52 bits per heavy atom. The number of rotatable bonds is 5. The van der Waals surface area contributed by atoms with Gasteiger partial charge < -0.3 is 9.47 Å². The summed E-state index contributed by atoms with van der Waals surface area (Å²) in [5.74, 6) is 0. The molecule has 0 bridgehead atoms. The second kappa shape index (κ2) is 6.61. The molecule has 1 aliphatic heterocycles. The molecule has 21 heavy (non-hydrogen) atoms. The van der Waals surface area contributed by atoms with Crippen LogP contribution in [0.4, 0.5) is 0 Å². The van der Waals surface area contributed by atoms with Gasteiger partial charge in [-0.2, -0.15) is 0 Å². The molecule has 0 aliphatic carbocycles. The van der Waals surface area contributed by atoms with Gasteiger partial charge in [-0.3, -0.25) is 0 Å². The van der Waals surface area contributed by atoms with Gasteiger partial charge in [-0.05, 0) is 30.0 Å². The van der Waals surface area contributed by atoms with Crippen molar-refractivity contribution in [2.45, 2.75) is 25.0 Å². The van der Waals surface area contributed by atoms with E-state index in [1.165, 1.54) is 5.56 Å². The fourth-order valence-corrected chi connectivity index (χ4v) is 3.00. The van der Waals surface area contributed by atoms with Gasteiger partial charge in [-0.1, -0.05) is 60.1 Å². The Bertz CT molecular complexity index is 577. The minimum Gasteiger partial charge on any atom is -0.373 e. The van der Waals surface area contributed by atoms with E-state index in [1.807, 2.05) is 42.5 Å². The third-order valence-electron chi connectivity index (χ3n) is 3.95. The molecule has 1 fully saturated rings. The Hall–Kier alpha value is -1.35. The lowest BCUT2D eigenvalue weighted by atomic mass is 9.92. The van der Waals surface area contributed by atoms with Crippen molar-refractivity contribution in [3.05, 3.63) is 70.7 Å². The molecule has 2 aromatic carbocycles. The first-order valence-electron chi connectivity index (χ1n) is 7.31. The zero-order valence-electron chi connectivity index (χ0n) is 11.9. The second-order valence-corrected chi connectivity index (χ2v) is 5.80. The molecule has 1 heterocycles. The quantitative estimate of drug-likeness (QED) is 0.806. The van der Waals surface area contributed by atoms with E-state index in [1.54, 1.807) is 0 Å². The summed E-state index contributed by atoms with van der Waals surface area (Å²) in [6.45, 7) is 1.87. The average Bonchev–Trinajstić information content (AvgIpc) is 3.00. The van der Waals surface area contributed by atoms with Crippen LogP contribution in [0.5, 0.6) is 0 Å². The van der Waals surface area contributed by atoms with E-state index in [-0.39, 0.29) is 5.60 Å². The van der Waals surface area contributed by atoms with Gasteiger partial charge >= 0.3 is 0 Å². The fourth-order valence-electron chi connectivity index (χ4n) is 2.81. The van der Waals surface area contributed by atoms with Crippen molar-refractivity contribution >= 4 is 11.6 Å². The Labute approximate surface area is 130 Å². The molecule has 3 heteroatoms. The van der Waals surface area contributed by atoms with E-state index >= 15 is 0 Å². The standard InChI is InChI=1S/C18H19ClO2/c19-17-10-5-4-7-15(17)13-20-14-18(11-6-12-21-18)16-8-2-1-3-9-16/h1-5,7-10H,6,11-14H2. The number of halogens is 1. The van der Waals surface area contributed by atoms with Gasteiger partial charge in [-0.15, -0.1) is 0 Å². The molecule has 1 unspecified atom stereocenters. The van der Waals surface area contributed by atoms with Crippen LogP contribution < -0.4 is 0 Å². The smallest absolute Gasteiger partial charge is 0.116 e. The minimum atomic E-state index is -0.303. The van der Waals surface area contributed by atoms with Gasteiger partial charge in [0.1, 0.15) is 5.60 Å². The van der Waals surface area contributed by atoms with Gasteiger partial charge in [0, 0.05) is 11.6 Å². The highest BCUT2D eigenvalue weighted by Gasteiger charge is 2.37. The molecule has 0 amide bonds. The van der Waals surface area contributed by atoms with Crippen LogP contribution in [0, 0.1) is 0 Å². The number of hydrogen-bond acceptors (Lipinski definition) is 2. The molecular formula is C18H19ClO2. The highest BCUT2D eigenvalue weighted by atomic mass is 35.5. The Kier molecular flexibility index (Phi) is 4.59. The first-order chi connectivity index (χ1) is 10.3. The van der Waals surface area contributed by atoms with Gasteiger partial charge in [0.2, 0.25) is 0 Å². The van der Waals surface area contributed by atoms with Crippen molar-refractivity contribution in [3.63, 3.8) is 0 Å². The van der Waals surface area contributed by atoms with Crippen LogP contribution in [-0.2, 0) is 21.7 Å². The molecule has 0 aromatic heterocycles. The molecule has 0 spiro atoms. The summed E-state index contributed by atoms with van der Waals surface area (Å²) in [5.41, 5.74) is 1.91. The first-order valence-corrected chi connectivity index (χ1v) is 7.69. The maximum atomic E-state index is 6.16. The molecule has 1 atom stereocenters. The Morgan fingerprint density at radius 2 is 1.81 bits per heavy atom. The predicted molar refractivity (Wildman–Crippen MR) is 84.4 cm³/mol. The van der Waals surface area contributed by atoms with Crippen molar-refractivity contribution in [1.82, 2.24) is 0 Å². The average molecular weight is 303 g/mol. The number of ether oxygens (including phenoxy) is 2. The molecule has 0 saturated carbocycles. The van der Waals surface area contributed by atoms with Crippen molar-refractivity contribution in [1.29, 1.82) is 0 Å². The molecule has 1 aliphatic rings. The van der Waals surface area contributed by atoms with E-state index in [2.05, 4.69) is 12.1 Å². The Balaban J connectivity index is 1.68. The number of benzene rings is 2. The van der Waals surface area contributed by atoms with Crippen LogP contribution in [0.2, 0.25) is 5.02 Å². The van der Waals surface area contributed by atoms with Gasteiger partial charge in [0.25, 0.3) is 0 Å². The van der Waals surface area contributed by atoms with Gasteiger partial charge in [0.15, 0.2) is 0 Å². The summed E-state index contributed by atoms with van der Waals surface area (Å²) in [4.78, 5) is 0. The van der Waals surface area contributed by atoms with Crippen LogP contribution in [-0.4, -0.2) is 13.2 Å². The van der Waals surface area contributed by atoms with E-state index in [4.69, 9.17) is 21.1 Å². The molecule has 110 valence electrons. The highest BCUT2D eigenvalue weighted by molar-refractivity contribution is 6.31. The maximum Gasteiger partial charge on any atom is 0.116 e.